The van der Waals surface area contributed by atoms with Gasteiger partial charge in [0.15, 0.2) is 5.78 Å². The van der Waals surface area contributed by atoms with Gasteiger partial charge in [-0.2, -0.15) is 8.78 Å². The van der Waals surface area contributed by atoms with Crippen LogP contribution in [-0.2, 0) is 0 Å². The Bertz CT molecular complexity index is 634. The molecule has 2 aromatic rings. The van der Waals surface area contributed by atoms with E-state index in [0.29, 0.717) is 5.56 Å². The van der Waals surface area contributed by atoms with Gasteiger partial charge in [-0.05, 0) is 48.0 Å². The van der Waals surface area contributed by atoms with E-state index in [-0.39, 0.29) is 11.5 Å². The van der Waals surface area contributed by atoms with E-state index < -0.39 is 6.61 Å². The SMILES string of the molecule is O=C(/C=C/c1ccc(OC(F)F)cc1)c1ccc(Br)cc1. The number of halogens is 3. The summed E-state index contributed by atoms with van der Waals surface area (Å²) >= 11 is 3.30. The van der Waals surface area contributed by atoms with Gasteiger partial charge in [0.1, 0.15) is 5.75 Å². The second kappa shape index (κ2) is 7.13. The predicted octanol–water partition coefficient (Wildman–Crippen LogP) is 4.95. The topological polar surface area (TPSA) is 26.3 Å². The van der Waals surface area contributed by atoms with Crippen molar-refractivity contribution in [1.82, 2.24) is 0 Å². The number of benzene rings is 2. The van der Waals surface area contributed by atoms with Crippen LogP contribution in [0.4, 0.5) is 8.78 Å². The minimum atomic E-state index is -2.84. The highest BCUT2D eigenvalue weighted by molar-refractivity contribution is 9.10. The predicted molar refractivity (Wildman–Crippen MR) is 80.6 cm³/mol. The first-order valence-corrected chi connectivity index (χ1v) is 6.87. The van der Waals surface area contributed by atoms with Crippen molar-refractivity contribution in [3.8, 4) is 5.75 Å². The lowest BCUT2D eigenvalue weighted by molar-refractivity contribution is -0.0498. The molecule has 0 unspecified atom stereocenters. The molecule has 0 aliphatic carbocycles. The van der Waals surface area contributed by atoms with Gasteiger partial charge < -0.3 is 4.74 Å². The quantitative estimate of drug-likeness (QED) is 0.562. The van der Waals surface area contributed by atoms with Crippen molar-refractivity contribution in [3.63, 3.8) is 0 Å². The second-order valence-electron chi connectivity index (χ2n) is 4.15. The molecule has 0 spiro atoms. The number of hydrogen-bond donors (Lipinski definition) is 0. The summed E-state index contributed by atoms with van der Waals surface area (Å²) in [7, 11) is 0. The fourth-order valence-electron chi connectivity index (χ4n) is 1.64. The molecule has 0 atom stereocenters. The molecule has 0 aliphatic rings. The Morgan fingerprint density at radius 3 is 2.24 bits per heavy atom. The molecule has 108 valence electrons. The van der Waals surface area contributed by atoms with Crippen LogP contribution < -0.4 is 4.74 Å². The minimum absolute atomic E-state index is 0.0846. The van der Waals surface area contributed by atoms with Gasteiger partial charge in [0.25, 0.3) is 0 Å². The molecule has 0 amide bonds. The van der Waals surface area contributed by atoms with E-state index in [0.717, 1.165) is 10.0 Å². The molecule has 21 heavy (non-hydrogen) atoms. The Labute approximate surface area is 129 Å². The molecular weight excluding hydrogens is 342 g/mol. The molecule has 0 N–H and O–H groups in total. The van der Waals surface area contributed by atoms with E-state index in [1.165, 1.54) is 18.2 Å². The minimum Gasteiger partial charge on any atom is -0.435 e. The molecule has 0 aliphatic heterocycles. The van der Waals surface area contributed by atoms with E-state index >= 15 is 0 Å². The summed E-state index contributed by atoms with van der Waals surface area (Å²) in [5, 5.41) is 0. The summed E-state index contributed by atoms with van der Waals surface area (Å²) in [6, 6.07) is 13.1. The monoisotopic (exact) mass is 352 g/mol. The number of carbonyl (C=O) groups is 1. The maximum atomic E-state index is 12.0. The van der Waals surface area contributed by atoms with Gasteiger partial charge >= 0.3 is 6.61 Å². The first-order valence-electron chi connectivity index (χ1n) is 6.07. The van der Waals surface area contributed by atoms with Crippen LogP contribution in [0.2, 0.25) is 0 Å². The van der Waals surface area contributed by atoms with Crippen LogP contribution in [0.5, 0.6) is 5.75 Å². The lowest BCUT2D eigenvalue weighted by Crippen LogP contribution is -2.01. The molecule has 2 rings (SSSR count). The van der Waals surface area contributed by atoms with Crippen LogP contribution in [0.3, 0.4) is 0 Å². The van der Waals surface area contributed by atoms with Crippen LogP contribution >= 0.6 is 15.9 Å². The average Bonchev–Trinajstić information content (AvgIpc) is 2.46. The lowest BCUT2D eigenvalue weighted by atomic mass is 10.1. The van der Waals surface area contributed by atoms with Crippen LogP contribution in [0.25, 0.3) is 6.08 Å². The first kappa shape index (κ1) is 15.4. The van der Waals surface area contributed by atoms with E-state index in [2.05, 4.69) is 20.7 Å². The number of ether oxygens (including phenoxy) is 1. The zero-order valence-electron chi connectivity index (χ0n) is 10.8. The maximum Gasteiger partial charge on any atom is 0.387 e. The molecule has 2 nitrogen and oxygen atoms in total. The Morgan fingerprint density at radius 2 is 1.67 bits per heavy atom. The molecule has 0 radical (unpaired) electrons. The van der Waals surface area contributed by atoms with Gasteiger partial charge in [-0.25, -0.2) is 0 Å². The van der Waals surface area contributed by atoms with E-state index in [4.69, 9.17) is 0 Å². The van der Waals surface area contributed by atoms with Crippen molar-refractivity contribution in [3.05, 3.63) is 70.2 Å². The van der Waals surface area contributed by atoms with Gasteiger partial charge in [-0.1, -0.05) is 34.1 Å². The molecule has 0 saturated carbocycles. The zero-order valence-corrected chi connectivity index (χ0v) is 12.4. The third-order valence-corrected chi connectivity index (χ3v) is 3.19. The highest BCUT2D eigenvalue weighted by Gasteiger charge is 2.03. The third kappa shape index (κ3) is 4.79. The largest absolute Gasteiger partial charge is 0.435 e. The molecule has 2 aromatic carbocycles. The summed E-state index contributed by atoms with van der Waals surface area (Å²) < 4.78 is 29.2. The molecule has 0 fully saturated rings. The number of allylic oxidation sites excluding steroid dienone is 1. The molecule has 0 bridgehead atoms. The third-order valence-electron chi connectivity index (χ3n) is 2.66. The number of rotatable bonds is 5. The Morgan fingerprint density at radius 1 is 1.05 bits per heavy atom. The average molecular weight is 353 g/mol. The van der Waals surface area contributed by atoms with Crippen molar-refractivity contribution in [2.75, 3.05) is 0 Å². The van der Waals surface area contributed by atoms with Gasteiger partial charge in [-0.3, -0.25) is 4.79 Å². The fraction of sp³-hybridized carbons (Fsp3) is 0.0625. The highest BCUT2D eigenvalue weighted by Crippen LogP contribution is 2.16. The summed E-state index contributed by atoms with van der Waals surface area (Å²) in [5.41, 5.74) is 1.30. The van der Waals surface area contributed by atoms with Crippen molar-refractivity contribution in [1.29, 1.82) is 0 Å². The molecule has 5 heteroatoms. The molecule has 0 heterocycles. The smallest absolute Gasteiger partial charge is 0.387 e. The summed E-state index contributed by atoms with van der Waals surface area (Å²) in [6.07, 6.45) is 3.06. The van der Waals surface area contributed by atoms with E-state index in [1.807, 2.05) is 0 Å². The Balaban J connectivity index is 2.03. The van der Waals surface area contributed by atoms with Gasteiger partial charge in [0, 0.05) is 10.0 Å². The van der Waals surface area contributed by atoms with Crippen molar-refractivity contribution in [2.24, 2.45) is 0 Å². The Hall–Kier alpha value is -2.01. The first-order chi connectivity index (χ1) is 10.0. The number of carbonyl (C=O) groups excluding carboxylic acids is 1. The van der Waals surface area contributed by atoms with Gasteiger partial charge in [0.05, 0.1) is 0 Å². The van der Waals surface area contributed by atoms with Gasteiger partial charge in [0.2, 0.25) is 0 Å². The second-order valence-corrected chi connectivity index (χ2v) is 5.07. The van der Waals surface area contributed by atoms with Crippen molar-refractivity contribution >= 4 is 27.8 Å². The van der Waals surface area contributed by atoms with Crippen molar-refractivity contribution < 1.29 is 18.3 Å². The van der Waals surface area contributed by atoms with E-state index in [1.54, 1.807) is 42.5 Å². The van der Waals surface area contributed by atoms with Crippen molar-refractivity contribution in [2.45, 2.75) is 6.61 Å². The highest BCUT2D eigenvalue weighted by atomic mass is 79.9. The summed E-state index contributed by atoms with van der Waals surface area (Å²) in [5.74, 6) is -0.0446. The van der Waals surface area contributed by atoms with Crippen LogP contribution in [0, 0.1) is 0 Å². The lowest BCUT2D eigenvalue weighted by Gasteiger charge is -2.03. The van der Waals surface area contributed by atoms with Gasteiger partial charge in [-0.15, -0.1) is 0 Å². The zero-order chi connectivity index (χ0) is 15.2. The van der Waals surface area contributed by atoms with Crippen LogP contribution in [0.1, 0.15) is 15.9 Å². The maximum absolute atomic E-state index is 12.0. The van der Waals surface area contributed by atoms with E-state index in [9.17, 15) is 13.6 Å². The normalized spacial score (nSPS) is 11.0. The molecule has 0 aromatic heterocycles. The summed E-state index contributed by atoms with van der Waals surface area (Å²) in [4.78, 5) is 11.9. The number of ketones is 1. The number of alkyl halides is 2. The van der Waals surface area contributed by atoms with Crippen LogP contribution in [-0.4, -0.2) is 12.4 Å². The molecule has 0 saturated heterocycles. The summed E-state index contributed by atoms with van der Waals surface area (Å²) in [6.45, 7) is -2.84. The number of hydrogen-bond acceptors (Lipinski definition) is 2. The fourth-order valence-corrected chi connectivity index (χ4v) is 1.91. The standard InChI is InChI=1S/C16H11BrF2O2/c17-13-6-4-12(5-7-13)15(20)10-3-11-1-8-14(9-2-11)21-16(18)19/h1-10,16H/b10-3+. The van der Waals surface area contributed by atoms with Crippen LogP contribution in [0.15, 0.2) is 59.1 Å². The Kier molecular flexibility index (Phi) is 5.22. The molecular formula is C16H11BrF2O2.